The van der Waals surface area contributed by atoms with E-state index in [4.69, 9.17) is 4.74 Å². The predicted octanol–water partition coefficient (Wildman–Crippen LogP) is 1.28. The molecule has 5 atom stereocenters. The Kier molecular flexibility index (Phi) is 4.28. The lowest BCUT2D eigenvalue weighted by Gasteiger charge is -2.31. The maximum atomic E-state index is 12.6. The normalized spacial score (nSPS) is 30.0. The number of ether oxygens (including phenoxy) is 1. The van der Waals surface area contributed by atoms with Gasteiger partial charge in [0.1, 0.15) is 5.75 Å². The van der Waals surface area contributed by atoms with Crippen LogP contribution in [-0.4, -0.2) is 19.0 Å². The summed E-state index contributed by atoms with van der Waals surface area (Å²) in [5.41, 5.74) is 0.965. The Labute approximate surface area is 136 Å². The number of carboxylic acids is 1. The molecule has 0 radical (unpaired) electrons. The van der Waals surface area contributed by atoms with Gasteiger partial charge in [-0.05, 0) is 55.7 Å². The molecule has 1 aromatic rings. The molecule has 0 unspecified atom stereocenters. The van der Waals surface area contributed by atoms with Crippen LogP contribution in [0.15, 0.2) is 24.3 Å². The number of fused-ring (bicyclic) bond motifs is 2. The molecule has 0 spiro atoms. The number of benzene rings is 1. The van der Waals surface area contributed by atoms with E-state index in [0.29, 0.717) is 0 Å². The molecule has 5 heteroatoms. The monoisotopic (exact) mass is 316 g/mol. The van der Waals surface area contributed by atoms with Crippen molar-refractivity contribution in [2.24, 2.45) is 23.7 Å². The van der Waals surface area contributed by atoms with Crippen LogP contribution in [0.25, 0.3) is 0 Å². The van der Waals surface area contributed by atoms with Crippen LogP contribution >= 0.6 is 0 Å². The Bertz CT molecular complexity index is 598. The molecule has 0 aromatic heterocycles. The molecule has 0 heterocycles. The van der Waals surface area contributed by atoms with Gasteiger partial charge in [-0.2, -0.15) is 0 Å². The fourth-order valence-corrected chi connectivity index (χ4v) is 4.29. The lowest BCUT2D eigenvalue weighted by molar-refractivity contribution is -0.314. The maximum Gasteiger partial charge on any atom is 0.224 e. The molecule has 2 aliphatic carbocycles. The number of carboxylic acid groups (broad SMARTS) is 1. The highest BCUT2D eigenvalue weighted by atomic mass is 16.5. The summed E-state index contributed by atoms with van der Waals surface area (Å²) in [6, 6.07) is 7.33. The molecule has 3 rings (SSSR count). The molecule has 0 aliphatic heterocycles. The van der Waals surface area contributed by atoms with Crippen molar-refractivity contribution in [2.45, 2.75) is 32.2 Å². The number of hydrogen-bond acceptors (Lipinski definition) is 4. The average Bonchev–Trinajstić information content (AvgIpc) is 3.15. The minimum atomic E-state index is -1.07. The van der Waals surface area contributed by atoms with Gasteiger partial charge < -0.3 is 20.0 Å². The van der Waals surface area contributed by atoms with E-state index in [9.17, 15) is 14.7 Å². The van der Waals surface area contributed by atoms with Crippen LogP contribution < -0.4 is 15.2 Å². The molecule has 2 saturated carbocycles. The number of carbonyl (C=O) groups excluding carboxylic acids is 2. The minimum Gasteiger partial charge on any atom is -0.550 e. The van der Waals surface area contributed by atoms with E-state index in [1.54, 1.807) is 7.11 Å². The first-order valence-corrected chi connectivity index (χ1v) is 8.16. The van der Waals surface area contributed by atoms with Gasteiger partial charge in [-0.25, -0.2) is 0 Å². The smallest absolute Gasteiger partial charge is 0.224 e. The second-order valence-corrected chi connectivity index (χ2v) is 6.71. The first kappa shape index (κ1) is 15.8. The molecule has 2 bridgehead atoms. The van der Waals surface area contributed by atoms with Crippen LogP contribution in [-0.2, 0) is 9.59 Å². The van der Waals surface area contributed by atoms with E-state index < -0.39 is 17.8 Å². The highest BCUT2D eigenvalue weighted by Crippen LogP contribution is 2.52. The summed E-state index contributed by atoms with van der Waals surface area (Å²) in [4.78, 5) is 24.1. The number of methoxy groups -OCH3 is 1. The van der Waals surface area contributed by atoms with Crippen molar-refractivity contribution in [3.05, 3.63) is 29.8 Å². The Morgan fingerprint density at radius 3 is 2.35 bits per heavy atom. The summed E-state index contributed by atoms with van der Waals surface area (Å²) in [6.45, 7) is 1.90. The molecule has 1 aromatic carbocycles. The van der Waals surface area contributed by atoms with Gasteiger partial charge in [0.15, 0.2) is 0 Å². The molecule has 23 heavy (non-hydrogen) atoms. The minimum absolute atomic E-state index is 0.108. The number of nitrogens with one attached hydrogen (secondary N) is 1. The lowest BCUT2D eigenvalue weighted by Crippen LogP contribution is -2.46. The van der Waals surface area contributed by atoms with Crippen LogP contribution in [0.1, 0.15) is 37.8 Å². The molecular formula is C18H22NO4-. The number of amides is 1. The van der Waals surface area contributed by atoms with Gasteiger partial charge in [-0.15, -0.1) is 0 Å². The van der Waals surface area contributed by atoms with Gasteiger partial charge in [-0.3, -0.25) is 4.79 Å². The van der Waals surface area contributed by atoms with Gasteiger partial charge >= 0.3 is 0 Å². The van der Waals surface area contributed by atoms with Crippen LogP contribution in [0.3, 0.4) is 0 Å². The molecule has 124 valence electrons. The second-order valence-electron chi connectivity index (χ2n) is 6.71. The van der Waals surface area contributed by atoms with Crippen LogP contribution in [0.5, 0.6) is 5.75 Å². The standard InChI is InChI=1S/C18H23NO4/c1-10(11-5-7-14(23-2)8-6-11)19-17(20)15-12-3-4-13(9-12)16(15)18(21)22/h5-8,10,12-13,15-16H,3-4,9H2,1-2H3,(H,19,20)(H,21,22)/p-1/t10-,12-,13-,15-,16-/m0/s1. The zero-order valence-corrected chi connectivity index (χ0v) is 13.5. The van der Waals surface area contributed by atoms with Crippen molar-refractivity contribution in [3.8, 4) is 5.75 Å². The molecule has 5 nitrogen and oxygen atoms in total. The van der Waals surface area contributed by atoms with E-state index in [-0.39, 0.29) is 23.8 Å². The Morgan fingerprint density at radius 2 is 1.78 bits per heavy atom. The van der Waals surface area contributed by atoms with E-state index in [2.05, 4.69) is 5.32 Å². The predicted molar refractivity (Wildman–Crippen MR) is 82.4 cm³/mol. The van der Waals surface area contributed by atoms with Crippen molar-refractivity contribution in [2.75, 3.05) is 7.11 Å². The Balaban J connectivity index is 1.69. The SMILES string of the molecule is COc1ccc([C@H](C)NC(=O)[C@H]2[C@H]3CC[C@@H](C3)[C@@H]2C(=O)[O-])cc1. The zero-order chi connectivity index (χ0) is 16.6. The van der Waals surface area contributed by atoms with Crippen molar-refractivity contribution < 1.29 is 19.4 Å². The first-order valence-electron chi connectivity index (χ1n) is 8.16. The van der Waals surface area contributed by atoms with E-state index in [0.717, 1.165) is 30.6 Å². The van der Waals surface area contributed by atoms with Gasteiger partial charge in [0.25, 0.3) is 0 Å². The molecule has 2 fully saturated rings. The number of aliphatic carboxylic acids is 1. The van der Waals surface area contributed by atoms with Crippen molar-refractivity contribution in [3.63, 3.8) is 0 Å². The van der Waals surface area contributed by atoms with Crippen molar-refractivity contribution in [1.82, 2.24) is 5.32 Å². The topological polar surface area (TPSA) is 78.5 Å². The van der Waals surface area contributed by atoms with E-state index >= 15 is 0 Å². The highest BCUT2D eigenvalue weighted by molar-refractivity contribution is 5.85. The molecule has 1 N–H and O–H groups in total. The average molecular weight is 316 g/mol. The van der Waals surface area contributed by atoms with Crippen molar-refractivity contribution in [1.29, 1.82) is 0 Å². The van der Waals surface area contributed by atoms with Crippen molar-refractivity contribution >= 4 is 11.9 Å². The quantitative estimate of drug-likeness (QED) is 0.888. The maximum absolute atomic E-state index is 12.6. The molecule has 1 amide bonds. The van der Waals surface area contributed by atoms with Gasteiger partial charge in [0.2, 0.25) is 5.91 Å². The lowest BCUT2D eigenvalue weighted by atomic mass is 9.78. The fourth-order valence-electron chi connectivity index (χ4n) is 4.29. The number of hydrogen-bond donors (Lipinski definition) is 1. The van der Waals surface area contributed by atoms with Crippen LogP contribution in [0.4, 0.5) is 0 Å². The highest BCUT2D eigenvalue weighted by Gasteiger charge is 2.51. The Hall–Kier alpha value is -2.04. The summed E-state index contributed by atoms with van der Waals surface area (Å²) in [7, 11) is 1.61. The fraction of sp³-hybridized carbons (Fsp3) is 0.556. The summed E-state index contributed by atoms with van der Waals surface area (Å²) in [6.07, 6.45) is 2.69. The second kappa shape index (κ2) is 6.22. The summed E-state index contributed by atoms with van der Waals surface area (Å²) in [5.74, 6) is -1.25. The van der Waals surface area contributed by atoms with E-state index in [1.165, 1.54) is 0 Å². The largest absolute Gasteiger partial charge is 0.550 e. The first-order chi connectivity index (χ1) is 11.0. The molecule has 0 saturated heterocycles. The third-order valence-corrected chi connectivity index (χ3v) is 5.47. The Morgan fingerprint density at radius 1 is 1.17 bits per heavy atom. The van der Waals surface area contributed by atoms with Crippen LogP contribution in [0.2, 0.25) is 0 Å². The summed E-state index contributed by atoms with van der Waals surface area (Å²) < 4.78 is 5.13. The number of rotatable bonds is 5. The van der Waals surface area contributed by atoms with Crippen LogP contribution in [0, 0.1) is 23.7 Å². The van der Waals surface area contributed by atoms with Gasteiger partial charge in [0, 0.05) is 17.8 Å². The third kappa shape index (κ3) is 2.92. The number of carbonyl (C=O) groups is 2. The third-order valence-electron chi connectivity index (χ3n) is 5.47. The summed E-state index contributed by atoms with van der Waals surface area (Å²) in [5, 5.41) is 14.4. The molecule has 2 aliphatic rings. The van der Waals surface area contributed by atoms with E-state index in [1.807, 2.05) is 31.2 Å². The zero-order valence-electron chi connectivity index (χ0n) is 13.5. The van der Waals surface area contributed by atoms with Gasteiger partial charge in [-0.1, -0.05) is 12.1 Å². The summed E-state index contributed by atoms with van der Waals surface area (Å²) >= 11 is 0. The van der Waals surface area contributed by atoms with Gasteiger partial charge in [0.05, 0.1) is 13.2 Å². The molecular weight excluding hydrogens is 294 g/mol.